The van der Waals surface area contributed by atoms with Crippen molar-refractivity contribution >= 4 is 23.6 Å². The minimum atomic E-state index is -1.50. The van der Waals surface area contributed by atoms with Gasteiger partial charge in [0, 0.05) is 22.5 Å². The number of rotatable bonds is 2. The molecule has 2 heterocycles. The van der Waals surface area contributed by atoms with E-state index in [4.69, 9.17) is 5.10 Å². The zero-order valence-electron chi connectivity index (χ0n) is 19.9. The molecule has 0 saturated carbocycles. The second-order valence-electron chi connectivity index (χ2n) is 10.7. The Morgan fingerprint density at radius 3 is 2.03 bits per heavy atom. The number of carbonyl (C=O) groups is 3. The number of carbonyl (C=O) groups excluding carboxylic acids is 3. The van der Waals surface area contributed by atoms with Crippen molar-refractivity contribution in [3.63, 3.8) is 0 Å². The maximum atomic E-state index is 14.5. The molecule has 174 valence electrons. The molecule has 1 unspecified atom stereocenters. The Morgan fingerprint density at radius 1 is 0.829 bits per heavy atom. The van der Waals surface area contributed by atoms with Gasteiger partial charge in [0.15, 0.2) is 17.3 Å². The average molecular weight is 463 g/mol. The van der Waals surface area contributed by atoms with Gasteiger partial charge in [0.2, 0.25) is 0 Å². The highest BCUT2D eigenvalue weighted by Crippen LogP contribution is 2.64. The molecule has 0 radical (unpaired) electrons. The van der Waals surface area contributed by atoms with Crippen LogP contribution in [0.5, 0.6) is 0 Å². The maximum Gasteiger partial charge on any atom is 0.180 e. The summed E-state index contributed by atoms with van der Waals surface area (Å²) >= 11 is 0. The molecule has 2 aliphatic heterocycles. The van der Waals surface area contributed by atoms with Gasteiger partial charge in [-0.05, 0) is 16.7 Å². The minimum absolute atomic E-state index is 0.0404. The molecule has 1 aliphatic carbocycles. The summed E-state index contributed by atoms with van der Waals surface area (Å²) in [5, 5.41) is 6.52. The van der Waals surface area contributed by atoms with Gasteiger partial charge in [-0.2, -0.15) is 5.10 Å². The second-order valence-corrected chi connectivity index (χ2v) is 10.7. The summed E-state index contributed by atoms with van der Waals surface area (Å²) in [6.45, 7) is 5.64. The molecular formula is C30H26N2O3. The van der Waals surface area contributed by atoms with E-state index in [-0.39, 0.29) is 17.3 Å². The van der Waals surface area contributed by atoms with E-state index in [1.165, 1.54) is 0 Å². The fourth-order valence-corrected chi connectivity index (χ4v) is 6.25. The van der Waals surface area contributed by atoms with Crippen molar-refractivity contribution in [2.24, 2.45) is 15.9 Å². The molecule has 1 saturated heterocycles. The number of hydrogen-bond donors (Lipinski definition) is 0. The summed E-state index contributed by atoms with van der Waals surface area (Å²) in [7, 11) is 0. The third-order valence-corrected chi connectivity index (χ3v) is 7.74. The molecule has 6 rings (SSSR count). The van der Waals surface area contributed by atoms with Crippen LogP contribution in [-0.2, 0) is 4.79 Å². The summed E-state index contributed by atoms with van der Waals surface area (Å²) in [6, 6.07) is 22.9. The number of hydrazone groups is 1. The van der Waals surface area contributed by atoms with Gasteiger partial charge in [0.1, 0.15) is 11.5 Å². The Hall–Kier alpha value is -3.86. The number of Topliss-reactive ketones (excluding diaryl/α,β-unsaturated/α-hetero) is 3. The molecule has 3 aromatic carbocycles. The molecule has 0 amide bonds. The first-order valence-electron chi connectivity index (χ1n) is 12.0. The maximum absolute atomic E-state index is 14.5. The highest BCUT2D eigenvalue weighted by atomic mass is 16.2. The Bertz CT molecular complexity index is 1380. The lowest BCUT2D eigenvalue weighted by atomic mass is 9.62. The standard InChI is InChI=1S/C30H26N2O3/c1-29(2,3)28(35)24-23(18-11-5-4-6-12-18)30(26(33)21-15-9-10-16-22(21)27(30)34)25-20-14-8-7-13-19(20)17-31-32(24)25/h4-17,23-25H,1-3H3/t23-,24+,25?/m0/s1. The van der Waals surface area contributed by atoms with E-state index in [9.17, 15) is 14.4 Å². The second kappa shape index (κ2) is 7.32. The fourth-order valence-electron chi connectivity index (χ4n) is 6.25. The number of benzene rings is 3. The van der Waals surface area contributed by atoms with Crippen LogP contribution in [0, 0.1) is 10.8 Å². The van der Waals surface area contributed by atoms with Crippen molar-refractivity contribution in [3.8, 4) is 0 Å². The fraction of sp³-hybridized carbons (Fsp3) is 0.267. The van der Waals surface area contributed by atoms with Gasteiger partial charge < -0.3 is 0 Å². The number of ketones is 3. The van der Waals surface area contributed by atoms with Crippen LogP contribution in [0.15, 0.2) is 84.0 Å². The van der Waals surface area contributed by atoms with Gasteiger partial charge in [-0.15, -0.1) is 0 Å². The first-order valence-corrected chi connectivity index (χ1v) is 12.0. The van der Waals surface area contributed by atoms with Crippen molar-refractivity contribution in [1.29, 1.82) is 0 Å². The van der Waals surface area contributed by atoms with Gasteiger partial charge in [0.25, 0.3) is 0 Å². The van der Waals surface area contributed by atoms with E-state index < -0.39 is 28.8 Å². The van der Waals surface area contributed by atoms with Crippen LogP contribution < -0.4 is 0 Å². The van der Waals surface area contributed by atoms with Gasteiger partial charge in [0.05, 0.1) is 12.3 Å². The normalized spacial score (nSPS) is 23.9. The average Bonchev–Trinajstić information content (AvgIpc) is 3.30. The Labute approximate surface area is 204 Å². The summed E-state index contributed by atoms with van der Waals surface area (Å²) in [6.07, 6.45) is 1.74. The van der Waals surface area contributed by atoms with Crippen molar-refractivity contribution < 1.29 is 14.4 Å². The summed E-state index contributed by atoms with van der Waals surface area (Å²) in [5.74, 6) is -1.17. The molecule has 0 N–H and O–H groups in total. The molecule has 5 heteroatoms. The largest absolute Gasteiger partial charge is 0.297 e. The molecular weight excluding hydrogens is 436 g/mol. The minimum Gasteiger partial charge on any atom is -0.297 e. The van der Waals surface area contributed by atoms with Crippen molar-refractivity contribution in [3.05, 3.63) is 107 Å². The summed E-state index contributed by atoms with van der Waals surface area (Å²) in [4.78, 5) is 43.1. The van der Waals surface area contributed by atoms with Crippen molar-refractivity contribution in [2.45, 2.75) is 38.8 Å². The van der Waals surface area contributed by atoms with E-state index in [1.807, 2.05) is 75.4 Å². The van der Waals surface area contributed by atoms with Gasteiger partial charge in [-0.25, -0.2) is 0 Å². The van der Waals surface area contributed by atoms with E-state index in [2.05, 4.69) is 0 Å². The quantitative estimate of drug-likeness (QED) is 0.490. The first-order chi connectivity index (χ1) is 16.8. The Balaban J connectivity index is 1.72. The molecule has 0 bridgehead atoms. The molecule has 1 fully saturated rings. The number of nitrogens with zero attached hydrogens (tertiary/aromatic N) is 2. The van der Waals surface area contributed by atoms with E-state index in [0.29, 0.717) is 11.1 Å². The molecule has 3 atom stereocenters. The first kappa shape index (κ1) is 21.7. The molecule has 0 aromatic heterocycles. The van der Waals surface area contributed by atoms with Crippen LogP contribution in [0.1, 0.15) is 70.1 Å². The third-order valence-electron chi connectivity index (χ3n) is 7.74. The predicted octanol–water partition coefficient (Wildman–Crippen LogP) is 5.22. The van der Waals surface area contributed by atoms with Crippen LogP contribution in [0.4, 0.5) is 0 Å². The third kappa shape index (κ3) is 2.75. The van der Waals surface area contributed by atoms with Crippen LogP contribution >= 0.6 is 0 Å². The molecule has 1 spiro atoms. The highest BCUT2D eigenvalue weighted by molar-refractivity contribution is 6.31. The van der Waals surface area contributed by atoms with Gasteiger partial charge >= 0.3 is 0 Å². The monoisotopic (exact) mass is 462 g/mol. The van der Waals surface area contributed by atoms with Gasteiger partial charge in [-0.1, -0.05) is 99.6 Å². The molecule has 3 aliphatic rings. The summed E-state index contributed by atoms with van der Waals surface area (Å²) in [5.41, 5.74) is 1.17. The van der Waals surface area contributed by atoms with E-state index in [0.717, 1.165) is 16.7 Å². The molecule has 3 aromatic rings. The van der Waals surface area contributed by atoms with Crippen LogP contribution in [-0.4, -0.2) is 34.6 Å². The predicted molar refractivity (Wildman–Crippen MR) is 134 cm³/mol. The lowest BCUT2D eigenvalue weighted by Gasteiger charge is -2.36. The van der Waals surface area contributed by atoms with E-state index >= 15 is 0 Å². The molecule has 35 heavy (non-hydrogen) atoms. The zero-order chi connectivity index (χ0) is 24.5. The van der Waals surface area contributed by atoms with Crippen molar-refractivity contribution in [1.82, 2.24) is 5.01 Å². The number of fused-ring (bicyclic) bond motifs is 5. The van der Waals surface area contributed by atoms with Crippen LogP contribution in [0.25, 0.3) is 0 Å². The smallest absolute Gasteiger partial charge is 0.180 e. The SMILES string of the molecule is CC(C)(C)C(=O)[C@H]1[C@H](c2ccccc2)C2(C(=O)c3ccccc3C2=O)C2c3ccccc3C=NN21. The number of hydrogen-bond acceptors (Lipinski definition) is 5. The van der Waals surface area contributed by atoms with Crippen LogP contribution in [0.3, 0.4) is 0 Å². The Kier molecular flexibility index (Phi) is 4.53. The zero-order valence-corrected chi connectivity index (χ0v) is 19.9. The Morgan fingerprint density at radius 2 is 1.40 bits per heavy atom. The highest BCUT2D eigenvalue weighted by Gasteiger charge is 2.73. The van der Waals surface area contributed by atoms with Crippen molar-refractivity contribution in [2.75, 3.05) is 0 Å². The molecule has 5 nitrogen and oxygen atoms in total. The van der Waals surface area contributed by atoms with E-state index in [1.54, 1.807) is 35.5 Å². The lowest BCUT2D eigenvalue weighted by molar-refractivity contribution is -0.131. The topological polar surface area (TPSA) is 66.8 Å². The summed E-state index contributed by atoms with van der Waals surface area (Å²) < 4.78 is 0. The van der Waals surface area contributed by atoms with Gasteiger partial charge in [-0.3, -0.25) is 19.4 Å². The van der Waals surface area contributed by atoms with Crippen LogP contribution in [0.2, 0.25) is 0 Å². The lowest BCUT2D eigenvalue weighted by Crippen LogP contribution is -2.45.